The lowest BCUT2D eigenvalue weighted by Crippen LogP contribution is -2.55. The molecular weight excluding hydrogens is 367 g/mol. The molecule has 1 fully saturated rings. The number of para-hydroxylation sites is 1. The zero-order valence-corrected chi connectivity index (χ0v) is 16.7. The van der Waals surface area contributed by atoms with E-state index in [2.05, 4.69) is 6.55 Å². The summed E-state index contributed by atoms with van der Waals surface area (Å²) in [5.41, 5.74) is 0.439. The average molecular weight is 392 g/mol. The van der Waals surface area contributed by atoms with E-state index in [0.29, 0.717) is 12.3 Å². The highest BCUT2D eigenvalue weighted by Gasteiger charge is 2.41. The number of rotatable bonds is 4. The van der Waals surface area contributed by atoms with Crippen LogP contribution in [0.4, 0.5) is 18.9 Å². The largest absolute Gasteiger partial charge is 0.438 e. The van der Waals surface area contributed by atoms with Crippen molar-refractivity contribution in [1.82, 2.24) is 0 Å². The Morgan fingerprint density at radius 2 is 1.96 bits per heavy atom. The molecule has 0 N–H and O–H groups in total. The van der Waals surface area contributed by atoms with Crippen LogP contribution in [0, 0.1) is 0 Å². The molecule has 2 rings (SSSR count). The fourth-order valence-electron chi connectivity index (χ4n) is 2.91. The molecule has 0 spiro atoms. The van der Waals surface area contributed by atoms with Crippen LogP contribution in [0.25, 0.3) is 0 Å². The molecule has 25 heavy (non-hydrogen) atoms. The summed E-state index contributed by atoms with van der Waals surface area (Å²) in [6.45, 7) is 4.45. The zero-order valence-electron chi connectivity index (χ0n) is 14.5. The Morgan fingerprint density at radius 1 is 1.28 bits per heavy atom. The molecule has 0 aliphatic carbocycles. The van der Waals surface area contributed by atoms with Crippen LogP contribution in [-0.4, -0.2) is 42.5 Å². The molecule has 1 saturated heterocycles. The van der Waals surface area contributed by atoms with Gasteiger partial charge in [0.25, 0.3) is 0 Å². The number of carbonyl (C=O) groups is 1. The number of anilines is 1. The maximum Gasteiger partial charge on any atom is 0.397 e. The van der Waals surface area contributed by atoms with Crippen molar-refractivity contribution in [3.8, 4) is 0 Å². The van der Waals surface area contributed by atoms with E-state index in [9.17, 15) is 18.0 Å². The van der Waals surface area contributed by atoms with Crippen molar-refractivity contribution < 1.29 is 26.5 Å². The number of amides is 1. The van der Waals surface area contributed by atoms with Crippen LogP contribution in [0.3, 0.4) is 0 Å². The lowest BCUT2D eigenvalue weighted by Gasteiger charge is -2.36. The monoisotopic (exact) mass is 391 g/mol. The smallest absolute Gasteiger partial charge is 0.397 e. The van der Waals surface area contributed by atoms with E-state index in [4.69, 9.17) is 8.54 Å². The molecule has 0 aromatic heterocycles. The summed E-state index contributed by atoms with van der Waals surface area (Å²) < 4.78 is 50.4. The number of hydrogen-bond acceptors (Lipinski definition) is 3. The maximum atomic E-state index is 12.7. The highest BCUT2D eigenvalue weighted by atomic mass is 28.4. The van der Waals surface area contributed by atoms with Crippen molar-refractivity contribution in [2.24, 2.45) is 0 Å². The van der Waals surface area contributed by atoms with Crippen LogP contribution < -0.4 is 4.90 Å². The maximum absolute atomic E-state index is 12.7. The molecule has 0 saturated carbocycles. The molecule has 1 heterocycles. The second-order valence-electron chi connectivity index (χ2n) is 6.51. The predicted octanol–water partition coefficient (Wildman–Crippen LogP) is 3.76. The van der Waals surface area contributed by atoms with Crippen LogP contribution in [-0.2, 0) is 13.3 Å². The van der Waals surface area contributed by atoms with Gasteiger partial charge in [-0.05, 0) is 37.7 Å². The third-order valence-corrected chi connectivity index (χ3v) is 10.6. The number of benzene rings is 1. The molecule has 2 atom stereocenters. The van der Waals surface area contributed by atoms with Crippen molar-refractivity contribution in [3.05, 3.63) is 30.3 Å². The molecule has 0 radical (unpaired) electrons. The van der Waals surface area contributed by atoms with Gasteiger partial charge in [0, 0.05) is 12.3 Å². The van der Waals surface area contributed by atoms with E-state index in [1.807, 2.05) is 6.55 Å². The second-order valence-corrected chi connectivity index (χ2v) is 12.5. The van der Waals surface area contributed by atoms with Crippen molar-refractivity contribution in [3.63, 3.8) is 0 Å². The first-order valence-corrected chi connectivity index (χ1v) is 13.4. The van der Waals surface area contributed by atoms with E-state index in [-0.39, 0.29) is 6.17 Å². The van der Waals surface area contributed by atoms with Crippen LogP contribution in [0.1, 0.15) is 19.3 Å². The molecule has 0 bridgehead atoms. The molecule has 4 nitrogen and oxygen atoms in total. The second kappa shape index (κ2) is 8.48. The van der Waals surface area contributed by atoms with Gasteiger partial charge in [-0.3, -0.25) is 4.79 Å². The van der Waals surface area contributed by atoms with Crippen LogP contribution in [0.2, 0.25) is 19.1 Å². The molecule has 1 aliphatic heterocycles. The zero-order chi connectivity index (χ0) is 18.5. The molecule has 1 aromatic carbocycles. The summed E-state index contributed by atoms with van der Waals surface area (Å²) in [4.78, 5) is 13.5. The number of alkyl halides is 3. The third kappa shape index (κ3) is 6.57. The number of halogens is 3. The summed E-state index contributed by atoms with van der Waals surface area (Å²) in [5.74, 6) is -0.976. The van der Waals surface area contributed by atoms with Gasteiger partial charge in [-0.15, -0.1) is 0 Å². The van der Waals surface area contributed by atoms with Crippen molar-refractivity contribution >= 4 is 29.2 Å². The number of hydrogen-bond donors (Lipinski definition) is 0. The van der Waals surface area contributed by atoms with E-state index in [0.717, 1.165) is 18.9 Å². The topological polar surface area (TPSA) is 38.8 Å². The minimum Gasteiger partial charge on any atom is -0.438 e. The summed E-state index contributed by atoms with van der Waals surface area (Å²) in [7, 11) is -4.21. The number of nitrogens with zero attached hydrogens (tertiary/aromatic N) is 1. The quantitative estimate of drug-likeness (QED) is 0.734. The lowest BCUT2D eigenvalue weighted by molar-refractivity contribution is -0.151. The minimum atomic E-state index is -4.54. The Bertz CT molecular complexity index is 573. The first-order chi connectivity index (χ1) is 11.7. The Labute approximate surface area is 148 Å². The average Bonchev–Trinajstić information content (AvgIpc) is 2.50. The Hall–Kier alpha value is -1.17. The number of carbonyl (C=O) groups excluding carboxylic acids is 1. The molecule has 1 aromatic rings. The summed E-state index contributed by atoms with van der Waals surface area (Å²) in [6.07, 6.45) is -3.99. The van der Waals surface area contributed by atoms with Gasteiger partial charge in [0.15, 0.2) is 9.04 Å². The van der Waals surface area contributed by atoms with Crippen LogP contribution >= 0.6 is 0 Å². The highest BCUT2D eigenvalue weighted by molar-refractivity contribution is 6.75. The Kier molecular flexibility index (Phi) is 6.83. The Balaban J connectivity index is 2.23. The van der Waals surface area contributed by atoms with Gasteiger partial charge in [-0.2, -0.15) is 13.2 Å². The van der Waals surface area contributed by atoms with Gasteiger partial charge in [0.1, 0.15) is 6.42 Å². The van der Waals surface area contributed by atoms with E-state index in [1.54, 1.807) is 30.3 Å². The van der Waals surface area contributed by atoms with Crippen LogP contribution in [0.15, 0.2) is 30.3 Å². The summed E-state index contributed by atoms with van der Waals surface area (Å²) in [5, 5.41) is 0. The molecule has 1 amide bonds. The van der Waals surface area contributed by atoms with E-state index in [1.165, 1.54) is 4.90 Å². The van der Waals surface area contributed by atoms with Gasteiger partial charge >= 0.3 is 14.7 Å². The molecular formula is C16H24F3NO3Si2. The third-order valence-electron chi connectivity index (χ3n) is 4.03. The van der Waals surface area contributed by atoms with Gasteiger partial charge in [-0.1, -0.05) is 24.6 Å². The normalized spacial score (nSPS) is 25.1. The molecule has 1 aliphatic rings. The molecule has 9 heteroatoms. The predicted molar refractivity (Wildman–Crippen MR) is 95.2 cm³/mol. The van der Waals surface area contributed by atoms with E-state index >= 15 is 0 Å². The summed E-state index contributed by atoms with van der Waals surface area (Å²) >= 11 is 0. The summed E-state index contributed by atoms with van der Waals surface area (Å²) in [6, 6.07) is 9.45. The standard InChI is InChI=1S/C16H24F3NO3Si2/c1-24-11-7-6-10-22-25(2,23-24)13-20(14-8-4-3-5-9-14)15(21)12-16(17,18)19/h3-5,8-9,24H,6-7,10-13H2,1-2H3. The van der Waals surface area contributed by atoms with Crippen molar-refractivity contribution in [1.29, 1.82) is 0 Å². The SMILES string of the molecule is C[SiH]1CCCCO[Si](C)(CN(C(=O)CC(F)(F)F)c2ccccc2)O1. The lowest BCUT2D eigenvalue weighted by atomic mass is 10.2. The van der Waals surface area contributed by atoms with E-state index < -0.39 is 36.1 Å². The highest BCUT2D eigenvalue weighted by Crippen LogP contribution is 2.26. The molecule has 2 unspecified atom stereocenters. The van der Waals surface area contributed by atoms with Gasteiger partial charge < -0.3 is 13.4 Å². The fraction of sp³-hybridized carbons (Fsp3) is 0.562. The first-order valence-electron chi connectivity index (χ1n) is 8.42. The van der Waals surface area contributed by atoms with Crippen molar-refractivity contribution in [2.75, 3.05) is 17.7 Å². The van der Waals surface area contributed by atoms with Gasteiger partial charge in [0.2, 0.25) is 5.91 Å². The molecule has 140 valence electrons. The van der Waals surface area contributed by atoms with Crippen LogP contribution in [0.5, 0.6) is 0 Å². The Morgan fingerprint density at radius 3 is 2.60 bits per heavy atom. The first kappa shape index (κ1) is 20.1. The van der Waals surface area contributed by atoms with Gasteiger partial charge in [0.05, 0.1) is 6.17 Å². The van der Waals surface area contributed by atoms with Gasteiger partial charge in [-0.25, -0.2) is 0 Å². The minimum absolute atomic E-state index is 0.0727. The fourth-order valence-corrected chi connectivity index (χ4v) is 9.82. The van der Waals surface area contributed by atoms with Crippen molar-refractivity contribution in [2.45, 2.75) is 44.6 Å².